The first-order valence-corrected chi connectivity index (χ1v) is 6.57. The number of benzene rings is 1. The number of nitrogens with one attached hydrogen (secondary N) is 1. The van der Waals surface area contributed by atoms with Crippen molar-refractivity contribution in [3.8, 4) is 0 Å². The van der Waals surface area contributed by atoms with Crippen molar-refractivity contribution in [2.75, 3.05) is 6.61 Å². The molecule has 0 radical (unpaired) electrons. The van der Waals surface area contributed by atoms with Crippen LogP contribution in [-0.2, 0) is 14.3 Å². The largest absolute Gasteiger partial charge is 0.464 e. The third-order valence-corrected chi connectivity index (χ3v) is 3.03. The molecule has 21 heavy (non-hydrogen) atoms. The van der Waals surface area contributed by atoms with Crippen molar-refractivity contribution < 1.29 is 19.4 Å². The Kier molecular flexibility index (Phi) is 4.84. The fraction of sp³-hybridized carbons (Fsp3) is 0.267. The van der Waals surface area contributed by atoms with Gasteiger partial charge in [-0.3, -0.25) is 4.79 Å². The van der Waals surface area contributed by atoms with Crippen LogP contribution in [0.5, 0.6) is 0 Å². The number of amides is 1. The molecule has 2 aromatic rings. The maximum Gasteiger partial charge on any atom is 0.331 e. The van der Waals surface area contributed by atoms with Gasteiger partial charge < -0.3 is 15.2 Å². The summed E-state index contributed by atoms with van der Waals surface area (Å²) in [4.78, 5) is 26.7. The molecule has 0 spiro atoms. The van der Waals surface area contributed by atoms with Crippen LogP contribution in [0, 0.1) is 0 Å². The van der Waals surface area contributed by atoms with E-state index >= 15 is 0 Å². The van der Waals surface area contributed by atoms with E-state index in [1.165, 1.54) is 0 Å². The highest BCUT2D eigenvalue weighted by Crippen LogP contribution is 2.19. The van der Waals surface area contributed by atoms with Crippen molar-refractivity contribution in [2.45, 2.75) is 19.1 Å². The molecule has 0 bridgehead atoms. The number of aliphatic hydroxyl groups excluding tert-OH is 1. The number of carbonyl (C=O) groups excluding carboxylic acids is 2. The molecule has 1 amide bonds. The first kappa shape index (κ1) is 14.9. The van der Waals surface area contributed by atoms with Gasteiger partial charge in [-0.25, -0.2) is 9.78 Å². The molecule has 0 fully saturated rings. The van der Waals surface area contributed by atoms with E-state index in [0.717, 1.165) is 5.39 Å². The minimum atomic E-state index is -1.28. The molecular weight excluding hydrogens is 272 g/mol. The summed E-state index contributed by atoms with van der Waals surface area (Å²) >= 11 is 0. The Labute approximate surface area is 121 Å². The smallest absolute Gasteiger partial charge is 0.331 e. The lowest BCUT2D eigenvalue weighted by Gasteiger charge is -2.20. The average molecular weight is 288 g/mol. The van der Waals surface area contributed by atoms with Gasteiger partial charge in [-0.15, -0.1) is 0 Å². The Morgan fingerprint density at radius 3 is 2.86 bits per heavy atom. The third kappa shape index (κ3) is 3.35. The second-order valence-electron chi connectivity index (χ2n) is 4.39. The van der Waals surface area contributed by atoms with E-state index in [0.29, 0.717) is 17.6 Å². The van der Waals surface area contributed by atoms with Crippen molar-refractivity contribution in [3.05, 3.63) is 42.1 Å². The van der Waals surface area contributed by atoms with Gasteiger partial charge in [0.05, 0.1) is 17.8 Å². The highest BCUT2D eigenvalue weighted by molar-refractivity contribution is 5.80. The Hall–Kier alpha value is -2.47. The zero-order chi connectivity index (χ0) is 15.2. The quantitative estimate of drug-likeness (QED) is 0.610. The monoisotopic (exact) mass is 288 g/mol. The van der Waals surface area contributed by atoms with Gasteiger partial charge in [-0.1, -0.05) is 24.3 Å². The molecule has 1 aromatic heterocycles. The Morgan fingerprint density at radius 1 is 1.38 bits per heavy atom. The van der Waals surface area contributed by atoms with Crippen LogP contribution in [0.1, 0.15) is 18.7 Å². The number of fused-ring (bicyclic) bond motifs is 1. The van der Waals surface area contributed by atoms with Gasteiger partial charge in [0.2, 0.25) is 6.41 Å². The van der Waals surface area contributed by atoms with Gasteiger partial charge in [0.1, 0.15) is 6.10 Å². The summed E-state index contributed by atoms with van der Waals surface area (Å²) < 4.78 is 4.84. The third-order valence-electron chi connectivity index (χ3n) is 3.03. The number of esters is 1. The number of aromatic nitrogens is 1. The minimum Gasteiger partial charge on any atom is -0.464 e. The summed E-state index contributed by atoms with van der Waals surface area (Å²) in [6.45, 7) is 1.81. The van der Waals surface area contributed by atoms with E-state index < -0.39 is 18.1 Å². The molecule has 0 aliphatic heterocycles. The topological polar surface area (TPSA) is 88.5 Å². The number of para-hydroxylation sites is 1. The lowest BCUT2D eigenvalue weighted by molar-refractivity contribution is -0.150. The second-order valence-corrected chi connectivity index (χ2v) is 4.39. The van der Waals surface area contributed by atoms with E-state index in [4.69, 9.17) is 4.74 Å². The molecule has 6 heteroatoms. The number of ether oxygens (including phenoxy) is 1. The number of carbonyl (C=O) groups is 2. The van der Waals surface area contributed by atoms with Crippen molar-refractivity contribution in [2.24, 2.45) is 0 Å². The van der Waals surface area contributed by atoms with Gasteiger partial charge in [0.15, 0.2) is 6.04 Å². The van der Waals surface area contributed by atoms with E-state index in [2.05, 4.69) is 10.3 Å². The fourth-order valence-corrected chi connectivity index (χ4v) is 2.01. The fourth-order valence-electron chi connectivity index (χ4n) is 2.01. The lowest BCUT2D eigenvalue weighted by atomic mass is 10.1. The van der Waals surface area contributed by atoms with Gasteiger partial charge in [0.25, 0.3) is 0 Å². The van der Waals surface area contributed by atoms with E-state index in [9.17, 15) is 14.7 Å². The molecule has 2 unspecified atom stereocenters. The van der Waals surface area contributed by atoms with E-state index in [-0.39, 0.29) is 6.61 Å². The summed E-state index contributed by atoms with van der Waals surface area (Å²) in [6, 6.07) is 9.64. The van der Waals surface area contributed by atoms with Gasteiger partial charge in [-0.2, -0.15) is 0 Å². The zero-order valence-corrected chi connectivity index (χ0v) is 11.5. The maximum absolute atomic E-state index is 11.8. The molecule has 6 nitrogen and oxygen atoms in total. The number of hydrogen-bond acceptors (Lipinski definition) is 5. The zero-order valence-electron chi connectivity index (χ0n) is 11.5. The van der Waals surface area contributed by atoms with Crippen molar-refractivity contribution in [1.82, 2.24) is 10.3 Å². The Bertz CT molecular complexity index is 644. The van der Waals surface area contributed by atoms with Crippen LogP contribution in [0.25, 0.3) is 10.9 Å². The summed E-state index contributed by atoms with van der Waals surface area (Å²) in [5, 5.41) is 13.5. The Balaban J connectivity index is 2.30. The predicted molar refractivity (Wildman–Crippen MR) is 76.3 cm³/mol. The average Bonchev–Trinajstić information content (AvgIpc) is 2.51. The summed E-state index contributed by atoms with van der Waals surface area (Å²) in [7, 11) is 0. The summed E-state index contributed by atoms with van der Waals surface area (Å²) in [5.74, 6) is -0.702. The molecule has 1 aromatic carbocycles. The number of hydrogen-bond donors (Lipinski definition) is 2. The number of rotatable bonds is 6. The molecule has 0 saturated carbocycles. The maximum atomic E-state index is 11.8. The van der Waals surface area contributed by atoms with Crippen molar-refractivity contribution in [3.63, 3.8) is 0 Å². The highest BCUT2D eigenvalue weighted by atomic mass is 16.5. The minimum absolute atomic E-state index is 0.160. The second kappa shape index (κ2) is 6.81. The Morgan fingerprint density at radius 2 is 2.14 bits per heavy atom. The molecule has 1 heterocycles. The molecule has 2 rings (SSSR count). The van der Waals surface area contributed by atoms with Crippen LogP contribution in [0.15, 0.2) is 36.4 Å². The van der Waals surface area contributed by atoms with Crippen LogP contribution in [0.2, 0.25) is 0 Å². The predicted octanol–water partition coefficient (Wildman–Crippen LogP) is 0.946. The SMILES string of the molecule is CCOC(=O)C(NC=O)C(O)c1ccc2ccccc2n1. The highest BCUT2D eigenvalue weighted by Gasteiger charge is 2.30. The lowest BCUT2D eigenvalue weighted by Crippen LogP contribution is -2.42. The van der Waals surface area contributed by atoms with E-state index in [1.807, 2.05) is 18.2 Å². The first-order valence-electron chi connectivity index (χ1n) is 6.57. The molecule has 2 atom stereocenters. The normalized spacial score (nSPS) is 13.4. The van der Waals surface area contributed by atoms with Crippen molar-refractivity contribution in [1.29, 1.82) is 0 Å². The summed E-state index contributed by atoms with van der Waals surface area (Å²) in [5.41, 5.74) is 0.990. The van der Waals surface area contributed by atoms with Crippen LogP contribution < -0.4 is 5.32 Å². The molecule has 2 N–H and O–H groups in total. The molecule has 0 saturated heterocycles. The molecule has 0 aliphatic carbocycles. The standard InChI is InChI=1S/C15H16N2O4/c1-2-21-15(20)13(16-9-18)14(19)12-8-7-10-5-3-4-6-11(10)17-12/h3-9,13-14,19H,2H2,1H3,(H,16,18). The first-order chi connectivity index (χ1) is 10.2. The van der Waals surface area contributed by atoms with Gasteiger partial charge in [-0.05, 0) is 19.1 Å². The molecular formula is C15H16N2O4. The van der Waals surface area contributed by atoms with Gasteiger partial charge in [0, 0.05) is 5.39 Å². The molecule has 0 aliphatic rings. The molecule has 110 valence electrons. The van der Waals surface area contributed by atoms with Crippen LogP contribution in [0.4, 0.5) is 0 Å². The number of pyridine rings is 1. The number of aliphatic hydroxyl groups is 1. The van der Waals surface area contributed by atoms with Crippen molar-refractivity contribution >= 4 is 23.3 Å². The van der Waals surface area contributed by atoms with Crippen LogP contribution in [0.3, 0.4) is 0 Å². The summed E-state index contributed by atoms with van der Waals surface area (Å²) in [6.07, 6.45) is -0.926. The number of nitrogens with zero attached hydrogens (tertiary/aromatic N) is 1. The van der Waals surface area contributed by atoms with Gasteiger partial charge >= 0.3 is 5.97 Å². The van der Waals surface area contributed by atoms with E-state index in [1.54, 1.807) is 25.1 Å². The van der Waals surface area contributed by atoms with Crippen LogP contribution >= 0.6 is 0 Å². The van der Waals surface area contributed by atoms with Crippen LogP contribution in [-0.4, -0.2) is 35.1 Å².